The van der Waals surface area contributed by atoms with Gasteiger partial charge in [0.15, 0.2) is 6.10 Å². The van der Waals surface area contributed by atoms with Gasteiger partial charge in [0.05, 0.1) is 23.7 Å². The summed E-state index contributed by atoms with van der Waals surface area (Å²) in [6, 6.07) is 20.6. The van der Waals surface area contributed by atoms with E-state index >= 15 is 0 Å². The number of nitrogens with one attached hydrogen (secondary N) is 1. The number of hydrogen-bond donors (Lipinski definition) is 1. The number of nitrogens with zero attached hydrogens (tertiary/aromatic N) is 1. The van der Waals surface area contributed by atoms with Crippen molar-refractivity contribution in [2.45, 2.75) is 30.8 Å². The average molecular weight is 515 g/mol. The summed E-state index contributed by atoms with van der Waals surface area (Å²) in [4.78, 5) is 13.0. The van der Waals surface area contributed by atoms with E-state index in [2.05, 4.69) is 12.2 Å². The average Bonchev–Trinajstić information content (AvgIpc) is 2.87. The van der Waals surface area contributed by atoms with Crippen LogP contribution in [-0.4, -0.2) is 40.1 Å². The van der Waals surface area contributed by atoms with E-state index in [-0.39, 0.29) is 30.3 Å². The van der Waals surface area contributed by atoms with Gasteiger partial charge in [0.2, 0.25) is 0 Å². The Hall–Kier alpha value is -3.23. The summed E-state index contributed by atoms with van der Waals surface area (Å²) in [5.41, 5.74) is 1.54. The fourth-order valence-corrected chi connectivity index (χ4v) is 5.46. The molecule has 7 nitrogen and oxygen atoms in total. The first kappa shape index (κ1) is 24.9. The van der Waals surface area contributed by atoms with E-state index in [0.717, 1.165) is 18.6 Å². The van der Waals surface area contributed by atoms with Gasteiger partial charge in [-0.1, -0.05) is 55.3 Å². The smallest absolute Gasteiger partial charge is 0.264 e. The van der Waals surface area contributed by atoms with E-state index in [1.54, 1.807) is 30.3 Å². The zero-order chi connectivity index (χ0) is 24.8. The molecule has 9 heteroatoms. The normalized spacial score (nSPS) is 15.1. The molecule has 1 amide bonds. The van der Waals surface area contributed by atoms with Crippen molar-refractivity contribution in [2.75, 3.05) is 24.0 Å². The van der Waals surface area contributed by atoms with Gasteiger partial charge in [-0.15, -0.1) is 0 Å². The van der Waals surface area contributed by atoms with Crippen molar-refractivity contribution in [3.63, 3.8) is 0 Å². The molecule has 1 unspecified atom stereocenters. The van der Waals surface area contributed by atoms with Crippen molar-refractivity contribution in [3.8, 4) is 11.5 Å². The van der Waals surface area contributed by atoms with Gasteiger partial charge in [-0.2, -0.15) is 0 Å². The predicted molar refractivity (Wildman–Crippen MR) is 136 cm³/mol. The standard InChI is InChI=1S/C26H27ClN2O5S/c1-2-6-19-9-12-21(13-10-19)33-16-15-28-26(30)25-18-29(23-17-20(27)11-14-24(23)34-25)35(31,32)22-7-4-3-5-8-22/h3-5,7-14,17,25H,2,6,15-16,18H2,1H3,(H,28,30). The molecule has 0 saturated heterocycles. The van der Waals surface area contributed by atoms with E-state index < -0.39 is 22.0 Å². The number of ether oxygens (including phenoxy) is 2. The minimum atomic E-state index is -3.94. The van der Waals surface area contributed by atoms with Gasteiger partial charge >= 0.3 is 0 Å². The van der Waals surface area contributed by atoms with Crippen LogP contribution in [0, 0.1) is 0 Å². The summed E-state index contributed by atoms with van der Waals surface area (Å²) in [7, 11) is -3.94. The molecule has 0 fully saturated rings. The van der Waals surface area contributed by atoms with Crippen molar-refractivity contribution in [3.05, 3.63) is 83.4 Å². The van der Waals surface area contributed by atoms with Crippen LogP contribution in [0.3, 0.4) is 0 Å². The monoisotopic (exact) mass is 514 g/mol. The van der Waals surface area contributed by atoms with Gasteiger partial charge in [0.1, 0.15) is 18.1 Å². The van der Waals surface area contributed by atoms with Crippen LogP contribution >= 0.6 is 11.6 Å². The number of carbonyl (C=O) groups is 1. The zero-order valence-corrected chi connectivity index (χ0v) is 20.9. The molecule has 184 valence electrons. The van der Waals surface area contributed by atoms with Crippen molar-refractivity contribution in [2.24, 2.45) is 0 Å². The summed E-state index contributed by atoms with van der Waals surface area (Å²) in [5, 5.41) is 3.14. The third kappa shape index (κ3) is 5.89. The molecule has 0 saturated carbocycles. The number of rotatable bonds is 9. The third-order valence-corrected chi connectivity index (χ3v) is 7.58. The number of sulfonamides is 1. The Labute approximate surface area is 210 Å². The molecule has 0 radical (unpaired) electrons. The van der Waals surface area contributed by atoms with Gasteiger partial charge in [0, 0.05) is 5.02 Å². The summed E-state index contributed by atoms with van der Waals surface area (Å²) >= 11 is 6.13. The van der Waals surface area contributed by atoms with Crippen LogP contribution < -0.4 is 19.1 Å². The van der Waals surface area contributed by atoms with Crippen molar-refractivity contribution < 1.29 is 22.7 Å². The molecule has 0 bridgehead atoms. The lowest BCUT2D eigenvalue weighted by atomic mass is 10.1. The Morgan fingerprint density at radius 1 is 1.11 bits per heavy atom. The third-order valence-electron chi connectivity index (χ3n) is 5.55. The highest BCUT2D eigenvalue weighted by Crippen LogP contribution is 2.38. The van der Waals surface area contributed by atoms with Crippen LogP contribution in [0.1, 0.15) is 18.9 Å². The number of amides is 1. The number of hydrogen-bond acceptors (Lipinski definition) is 5. The molecule has 4 rings (SSSR count). The Bertz CT molecular complexity index is 1270. The van der Waals surface area contributed by atoms with E-state index in [1.165, 1.54) is 28.1 Å². The SMILES string of the molecule is CCCc1ccc(OCCNC(=O)C2CN(S(=O)(=O)c3ccccc3)c3cc(Cl)ccc3O2)cc1. The van der Waals surface area contributed by atoms with E-state index in [1.807, 2.05) is 24.3 Å². The summed E-state index contributed by atoms with van der Waals surface area (Å²) < 4.78 is 39.5. The second-order valence-electron chi connectivity index (χ2n) is 8.10. The van der Waals surface area contributed by atoms with Crippen LogP contribution in [-0.2, 0) is 21.2 Å². The second-order valence-corrected chi connectivity index (χ2v) is 10.4. The lowest BCUT2D eigenvalue weighted by Gasteiger charge is -2.34. The van der Waals surface area contributed by atoms with Crippen LogP contribution in [0.5, 0.6) is 11.5 Å². The van der Waals surface area contributed by atoms with Gasteiger partial charge in [-0.05, 0) is 54.4 Å². The Balaban J connectivity index is 1.42. The Morgan fingerprint density at radius 3 is 2.57 bits per heavy atom. The second kappa shape index (κ2) is 11.0. The number of halogens is 1. The lowest BCUT2D eigenvalue weighted by molar-refractivity contribution is -0.127. The maximum atomic E-state index is 13.4. The maximum absolute atomic E-state index is 13.4. The van der Waals surface area contributed by atoms with Crippen molar-refractivity contribution in [1.29, 1.82) is 0 Å². The van der Waals surface area contributed by atoms with E-state index in [0.29, 0.717) is 10.7 Å². The molecule has 3 aromatic carbocycles. The zero-order valence-electron chi connectivity index (χ0n) is 19.3. The first-order valence-corrected chi connectivity index (χ1v) is 13.2. The predicted octanol–water partition coefficient (Wildman–Crippen LogP) is 4.44. The molecule has 35 heavy (non-hydrogen) atoms. The molecule has 0 spiro atoms. The molecule has 0 aliphatic carbocycles. The number of aryl methyl sites for hydroxylation is 1. The first-order chi connectivity index (χ1) is 16.9. The van der Waals surface area contributed by atoms with Crippen LogP contribution in [0.15, 0.2) is 77.7 Å². The van der Waals surface area contributed by atoms with Gasteiger partial charge < -0.3 is 14.8 Å². The number of fused-ring (bicyclic) bond motifs is 1. The number of anilines is 1. The molecular weight excluding hydrogens is 488 g/mol. The molecule has 1 heterocycles. The van der Waals surface area contributed by atoms with Gasteiger partial charge in [-0.25, -0.2) is 8.42 Å². The Kier molecular flexibility index (Phi) is 7.83. The number of carbonyl (C=O) groups excluding carboxylic acids is 1. The summed E-state index contributed by atoms with van der Waals surface area (Å²) in [5.74, 6) is 0.559. The molecule has 1 N–H and O–H groups in total. The van der Waals surface area contributed by atoms with Crippen molar-refractivity contribution >= 4 is 33.2 Å². The minimum Gasteiger partial charge on any atom is -0.492 e. The van der Waals surface area contributed by atoms with Crippen molar-refractivity contribution in [1.82, 2.24) is 5.32 Å². The molecule has 0 aromatic heterocycles. The van der Waals surface area contributed by atoms with Gasteiger partial charge in [0.25, 0.3) is 15.9 Å². The maximum Gasteiger partial charge on any atom is 0.264 e. The highest BCUT2D eigenvalue weighted by atomic mass is 35.5. The quantitative estimate of drug-likeness (QED) is 0.427. The molecular formula is C26H27ClN2O5S. The number of benzene rings is 3. The van der Waals surface area contributed by atoms with Crippen LogP contribution in [0.2, 0.25) is 5.02 Å². The van der Waals surface area contributed by atoms with E-state index in [9.17, 15) is 13.2 Å². The highest BCUT2D eigenvalue weighted by Gasteiger charge is 2.37. The highest BCUT2D eigenvalue weighted by molar-refractivity contribution is 7.92. The fraction of sp³-hybridized carbons (Fsp3) is 0.269. The van der Waals surface area contributed by atoms with Crippen LogP contribution in [0.25, 0.3) is 0 Å². The molecule has 1 atom stereocenters. The summed E-state index contributed by atoms with van der Waals surface area (Å²) in [6.45, 7) is 2.46. The van der Waals surface area contributed by atoms with E-state index in [4.69, 9.17) is 21.1 Å². The summed E-state index contributed by atoms with van der Waals surface area (Å²) in [6.07, 6.45) is 1.07. The molecule has 3 aromatic rings. The molecule has 1 aliphatic rings. The lowest BCUT2D eigenvalue weighted by Crippen LogP contribution is -2.51. The fourth-order valence-electron chi connectivity index (χ4n) is 3.81. The first-order valence-electron chi connectivity index (χ1n) is 11.4. The molecule has 1 aliphatic heterocycles. The topological polar surface area (TPSA) is 84.9 Å². The largest absolute Gasteiger partial charge is 0.492 e. The van der Waals surface area contributed by atoms with Gasteiger partial charge in [-0.3, -0.25) is 9.10 Å². The minimum absolute atomic E-state index is 0.116. The Morgan fingerprint density at radius 2 is 1.86 bits per heavy atom. The van der Waals surface area contributed by atoms with Crippen LogP contribution in [0.4, 0.5) is 5.69 Å².